The van der Waals surface area contributed by atoms with Gasteiger partial charge in [0.1, 0.15) is 5.69 Å². The fourth-order valence-corrected chi connectivity index (χ4v) is 3.47. The molecule has 8 heteroatoms. The highest BCUT2D eigenvalue weighted by molar-refractivity contribution is 7.92. The topological polar surface area (TPSA) is 107 Å². The van der Waals surface area contributed by atoms with E-state index in [0.29, 0.717) is 11.4 Å². The van der Waals surface area contributed by atoms with E-state index in [0.717, 1.165) is 0 Å². The quantitative estimate of drug-likeness (QED) is 0.837. The van der Waals surface area contributed by atoms with Crippen LogP contribution >= 0.6 is 0 Å². The van der Waals surface area contributed by atoms with E-state index in [9.17, 15) is 13.2 Å². The minimum Gasteiger partial charge on any atom is -0.364 e. The number of benzene rings is 1. The van der Waals surface area contributed by atoms with Crippen LogP contribution in [0.15, 0.2) is 36.5 Å². The second kappa shape index (κ2) is 6.18. The van der Waals surface area contributed by atoms with Crippen LogP contribution in [0.5, 0.6) is 0 Å². The molecule has 0 fully saturated rings. The Hall–Kier alpha value is -2.35. The first-order valence-electron chi connectivity index (χ1n) is 6.74. The van der Waals surface area contributed by atoms with Crippen LogP contribution in [0.3, 0.4) is 0 Å². The van der Waals surface area contributed by atoms with E-state index in [2.05, 4.69) is 9.82 Å². The molecular formula is C14H18N4O3S. The second-order valence-electron chi connectivity index (χ2n) is 5.30. The molecule has 1 aromatic heterocycles. The normalized spacial score (nSPS) is 11.6. The minimum atomic E-state index is -3.46. The number of rotatable bonds is 6. The fourth-order valence-electron chi connectivity index (χ4n) is 2.00. The van der Waals surface area contributed by atoms with Gasteiger partial charge in [-0.3, -0.25) is 9.52 Å². The minimum absolute atomic E-state index is 0.0100. The predicted octanol–water partition coefficient (Wildman–Crippen LogP) is 1.37. The van der Waals surface area contributed by atoms with E-state index in [1.54, 1.807) is 30.5 Å². The van der Waals surface area contributed by atoms with Gasteiger partial charge in [-0.25, -0.2) is 13.1 Å². The lowest BCUT2D eigenvalue weighted by atomic mass is 10.3. The summed E-state index contributed by atoms with van der Waals surface area (Å²) < 4.78 is 28.1. The Morgan fingerprint density at radius 2 is 2.00 bits per heavy atom. The van der Waals surface area contributed by atoms with Gasteiger partial charge in [0.15, 0.2) is 0 Å². The second-order valence-corrected chi connectivity index (χ2v) is 7.07. The van der Waals surface area contributed by atoms with Crippen molar-refractivity contribution in [2.75, 3.05) is 10.5 Å². The molecule has 0 saturated heterocycles. The molecule has 0 unspecified atom stereocenters. The molecule has 1 aromatic carbocycles. The van der Waals surface area contributed by atoms with E-state index in [-0.39, 0.29) is 17.4 Å². The molecule has 0 bridgehead atoms. The number of sulfonamides is 1. The van der Waals surface area contributed by atoms with Crippen LogP contribution in [-0.4, -0.2) is 29.9 Å². The van der Waals surface area contributed by atoms with Crippen molar-refractivity contribution >= 4 is 21.6 Å². The van der Waals surface area contributed by atoms with Crippen LogP contribution in [0.4, 0.5) is 5.69 Å². The number of carbonyl (C=O) groups excluding carboxylic acids is 1. The lowest BCUT2D eigenvalue weighted by Gasteiger charge is -2.13. The van der Waals surface area contributed by atoms with Gasteiger partial charge in [0.2, 0.25) is 10.0 Å². The van der Waals surface area contributed by atoms with Crippen molar-refractivity contribution in [3.8, 4) is 5.69 Å². The Morgan fingerprint density at radius 1 is 1.32 bits per heavy atom. The average molecular weight is 322 g/mol. The number of anilines is 1. The van der Waals surface area contributed by atoms with Gasteiger partial charge >= 0.3 is 0 Å². The molecule has 0 aliphatic heterocycles. The third-order valence-corrected chi connectivity index (χ3v) is 4.45. The van der Waals surface area contributed by atoms with E-state index in [1.807, 2.05) is 13.8 Å². The summed E-state index contributed by atoms with van der Waals surface area (Å²) in [7, 11) is -3.46. The molecule has 2 aromatic rings. The summed E-state index contributed by atoms with van der Waals surface area (Å²) in [5.74, 6) is -0.611. The van der Waals surface area contributed by atoms with Gasteiger partial charge in [0, 0.05) is 6.20 Å². The molecule has 1 amide bonds. The van der Waals surface area contributed by atoms with Crippen molar-refractivity contribution in [1.82, 2.24) is 9.78 Å². The Kier molecular flexibility index (Phi) is 4.51. The summed E-state index contributed by atoms with van der Waals surface area (Å²) in [6.45, 7) is 3.66. The van der Waals surface area contributed by atoms with Crippen molar-refractivity contribution in [2.24, 2.45) is 11.7 Å². The fraction of sp³-hybridized carbons (Fsp3) is 0.286. The van der Waals surface area contributed by atoms with Gasteiger partial charge in [-0.15, -0.1) is 0 Å². The molecule has 0 atom stereocenters. The molecular weight excluding hydrogens is 304 g/mol. The summed E-state index contributed by atoms with van der Waals surface area (Å²) in [5, 5.41) is 4.04. The van der Waals surface area contributed by atoms with Crippen molar-refractivity contribution in [3.63, 3.8) is 0 Å². The van der Waals surface area contributed by atoms with E-state index < -0.39 is 15.9 Å². The number of nitrogens with one attached hydrogen (secondary N) is 1. The monoisotopic (exact) mass is 322 g/mol. The molecule has 0 radical (unpaired) electrons. The van der Waals surface area contributed by atoms with Crippen LogP contribution in [0.2, 0.25) is 0 Å². The first-order valence-corrected chi connectivity index (χ1v) is 8.39. The average Bonchev–Trinajstić information content (AvgIpc) is 2.86. The Balaban J connectivity index is 2.36. The summed E-state index contributed by atoms with van der Waals surface area (Å²) in [6.07, 6.45) is 1.55. The third kappa shape index (κ3) is 3.85. The molecule has 2 rings (SSSR count). The van der Waals surface area contributed by atoms with Gasteiger partial charge in [0.25, 0.3) is 5.91 Å². The van der Waals surface area contributed by atoms with Crippen LogP contribution in [-0.2, 0) is 10.0 Å². The number of nitrogens with two attached hydrogens (primary N) is 1. The Morgan fingerprint density at radius 3 is 2.59 bits per heavy atom. The highest BCUT2D eigenvalue weighted by Gasteiger charge is 2.16. The number of hydrogen-bond acceptors (Lipinski definition) is 4. The van der Waals surface area contributed by atoms with Gasteiger partial charge in [-0.2, -0.15) is 5.10 Å². The molecule has 0 saturated carbocycles. The number of hydrogen-bond donors (Lipinski definition) is 2. The largest absolute Gasteiger partial charge is 0.364 e. The summed E-state index contributed by atoms with van der Waals surface area (Å²) in [4.78, 5) is 11.1. The maximum Gasteiger partial charge on any atom is 0.269 e. The lowest BCUT2D eigenvalue weighted by Crippen LogP contribution is -2.21. The van der Waals surface area contributed by atoms with Crippen molar-refractivity contribution in [1.29, 1.82) is 0 Å². The van der Waals surface area contributed by atoms with Crippen molar-refractivity contribution in [2.45, 2.75) is 13.8 Å². The van der Waals surface area contributed by atoms with Crippen molar-refractivity contribution in [3.05, 3.63) is 42.2 Å². The van der Waals surface area contributed by atoms with Gasteiger partial charge < -0.3 is 5.73 Å². The molecule has 1 heterocycles. The van der Waals surface area contributed by atoms with Crippen LogP contribution < -0.4 is 10.5 Å². The number of amides is 1. The summed E-state index contributed by atoms with van der Waals surface area (Å²) >= 11 is 0. The SMILES string of the molecule is CC(C)CS(=O)(=O)Nc1ccccc1-n1ccc(C(N)=O)n1. The predicted molar refractivity (Wildman–Crippen MR) is 84.3 cm³/mol. The van der Waals surface area contributed by atoms with E-state index in [1.165, 1.54) is 10.7 Å². The molecule has 22 heavy (non-hydrogen) atoms. The first kappa shape index (κ1) is 16.0. The third-order valence-electron chi connectivity index (χ3n) is 2.81. The number of para-hydroxylation sites is 2. The molecule has 3 N–H and O–H groups in total. The molecule has 118 valence electrons. The number of primary amides is 1. The van der Waals surface area contributed by atoms with Crippen LogP contribution in [0, 0.1) is 5.92 Å². The van der Waals surface area contributed by atoms with E-state index >= 15 is 0 Å². The van der Waals surface area contributed by atoms with Crippen LogP contribution in [0.25, 0.3) is 5.69 Å². The summed E-state index contributed by atoms with van der Waals surface area (Å²) in [6, 6.07) is 8.28. The van der Waals surface area contributed by atoms with Crippen LogP contribution in [0.1, 0.15) is 24.3 Å². The zero-order valence-electron chi connectivity index (χ0n) is 12.4. The Labute approximate surface area is 129 Å². The molecule has 0 spiro atoms. The maximum atomic E-state index is 12.1. The number of nitrogens with zero attached hydrogens (tertiary/aromatic N) is 2. The maximum absolute atomic E-state index is 12.1. The number of aromatic nitrogens is 2. The number of carbonyl (C=O) groups is 1. The van der Waals surface area contributed by atoms with Gasteiger partial charge in [-0.05, 0) is 24.1 Å². The summed E-state index contributed by atoms with van der Waals surface area (Å²) in [5.41, 5.74) is 6.19. The standard InChI is InChI=1S/C14H18N4O3S/c1-10(2)9-22(20,21)17-11-5-3-4-6-13(11)18-8-7-12(16-18)14(15)19/h3-8,10,17H,9H2,1-2H3,(H2,15,19). The zero-order chi connectivity index (χ0) is 16.3. The Bertz CT molecular complexity index is 781. The smallest absolute Gasteiger partial charge is 0.269 e. The van der Waals surface area contributed by atoms with Gasteiger partial charge in [-0.1, -0.05) is 26.0 Å². The molecule has 0 aliphatic carbocycles. The lowest BCUT2D eigenvalue weighted by molar-refractivity contribution is 0.0995. The van der Waals surface area contributed by atoms with E-state index in [4.69, 9.17) is 5.73 Å². The first-order chi connectivity index (χ1) is 10.3. The molecule has 0 aliphatic rings. The molecule has 7 nitrogen and oxygen atoms in total. The van der Waals surface area contributed by atoms with Crippen molar-refractivity contribution < 1.29 is 13.2 Å². The van der Waals surface area contributed by atoms with Gasteiger partial charge in [0.05, 0.1) is 17.1 Å². The highest BCUT2D eigenvalue weighted by atomic mass is 32.2. The zero-order valence-corrected chi connectivity index (χ0v) is 13.2. The highest BCUT2D eigenvalue weighted by Crippen LogP contribution is 2.21.